The van der Waals surface area contributed by atoms with Crippen LogP contribution in [0.2, 0.25) is 0 Å². The largest absolute Gasteiger partial charge is 0.460 e. The number of amides is 1. The number of ether oxygens (including phenoxy) is 2. The third-order valence-electron chi connectivity index (χ3n) is 3.93. The van der Waals surface area contributed by atoms with Crippen LogP contribution in [0.15, 0.2) is 23.2 Å². The van der Waals surface area contributed by atoms with E-state index in [1.165, 1.54) is 11.2 Å². The number of benzene rings is 1. The molecule has 0 N–H and O–H groups in total. The molecule has 0 aromatic heterocycles. The summed E-state index contributed by atoms with van der Waals surface area (Å²) >= 11 is 0. The van der Waals surface area contributed by atoms with Crippen LogP contribution in [0.4, 0.5) is 16.2 Å². The molecule has 0 aliphatic carbocycles. The smallest absolute Gasteiger partial charge is 0.415 e. The first kappa shape index (κ1) is 21.7. The van der Waals surface area contributed by atoms with E-state index in [4.69, 9.17) is 9.47 Å². The molecule has 0 radical (unpaired) electrons. The number of nitro groups is 2. The SMILES string of the molecule is CC1C(COC(=O)c2cc([N+](=O)[O-])cc([N+](=O)[O-])c2)N=CN1C(=O)OC(C)(C)C. The van der Waals surface area contributed by atoms with Crippen molar-refractivity contribution >= 4 is 29.8 Å². The second kappa shape index (κ2) is 8.20. The molecule has 0 spiro atoms. The number of esters is 1. The first-order valence-electron chi connectivity index (χ1n) is 8.54. The number of hydrogen-bond donors (Lipinski definition) is 0. The molecule has 2 rings (SSSR count). The molecule has 12 nitrogen and oxygen atoms in total. The average Bonchev–Trinajstić information content (AvgIpc) is 2.98. The molecule has 0 saturated heterocycles. The van der Waals surface area contributed by atoms with Gasteiger partial charge in [-0.05, 0) is 27.7 Å². The number of nitro benzene ring substituents is 2. The van der Waals surface area contributed by atoms with Crippen molar-refractivity contribution in [2.45, 2.75) is 45.4 Å². The minimum Gasteiger partial charge on any atom is -0.460 e. The van der Waals surface area contributed by atoms with E-state index in [0.29, 0.717) is 0 Å². The molecule has 1 amide bonds. The Morgan fingerprint density at radius 3 is 2.17 bits per heavy atom. The van der Waals surface area contributed by atoms with Gasteiger partial charge in [-0.25, -0.2) is 9.59 Å². The van der Waals surface area contributed by atoms with Gasteiger partial charge in [-0.2, -0.15) is 0 Å². The molecular formula is C17H20N4O8. The molecule has 2 atom stereocenters. The molecule has 0 fully saturated rings. The molecule has 2 unspecified atom stereocenters. The van der Waals surface area contributed by atoms with E-state index in [9.17, 15) is 29.8 Å². The van der Waals surface area contributed by atoms with Crippen LogP contribution in [0.1, 0.15) is 38.1 Å². The standard InChI is InChI=1S/C17H20N4O8/c1-10-14(18-9-19(10)16(23)29-17(2,3)4)8-28-15(22)11-5-12(20(24)25)7-13(6-11)21(26)27/h5-7,9-10,14H,8H2,1-4H3. The van der Waals surface area contributed by atoms with E-state index in [-0.39, 0.29) is 12.2 Å². The van der Waals surface area contributed by atoms with Crippen molar-refractivity contribution in [1.29, 1.82) is 0 Å². The third-order valence-corrected chi connectivity index (χ3v) is 3.93. The van der Waals surface area contributed by atoms with Gasteiger partial charge in [0, 0.05) is 12.1 Å². The summed E-state index contributed by atoms with van der Waals surface area (Å²) in [6.07, 6.45) is 0.687. The summed E-state index contributed by atoms with van der Waals surface area (Å²) in [5.74, 6) is -0.977. The number of hydrogen-bond acceptors (Lipinski definition) is 9. The third kappa shape index (κ3) is 5.46. The first-order valence-corrected chi connectivity index (χ1v) is 8.54. The van der Waals surface area contributed by atoms with Gasteiger partial charge in [-0.15, -0.1) is 0 Å². The van der Waals surface area contributed by atoms with Crippen LogP contribution in [0, 0.1) is 20.2 Å². The van der Waals surface area contributed by atoms with Crippen molar-refractivity contribution in [2.75, 3.05) is 6.61 Å². The molecule has 1 aromatic rings. The van der Waals surface area contributed by atoms with Crippen molar-refractivity contribution < 1.29 is 28.9 Å². The maximum Gasteiger partial charge on any atom is 0.415 e. The van der Waals surface area contributed by atoms with E-state index >= 15 is 0 Å². The van der Waals surface area contributed by atoms with E-state index < -0.39 is 51.0 Å². The fourth-order valence-electron chi connectivity index (χ4n) is 2.45. The minimum atomic E-state index is -0.977. The van der Waals surface area contributed by atoms with E-state index in [1.807, 2.05) is 0 Å². The zero-order valence-electron chi connectivity index (χ0n) is 16.2. The van der Waals surface area contributed by atoms with Gasteiger partial charge in [-0.3, -0.25) is 30.1 Å². The number of nitrogens with zero attached hydrogens (tertiary/aromatic N) is 4. The van der Waals surface area contributed by atoms with Crippen molar-refractivity contribution in [3.05, 3.63) is 44.0 Å². The second-order valence-electron chi connectivity index (χ2n) is 7.31. The molecule has 1 aliphatic rings. The molecule has 1 heterocycles. The predicted octanol–water partition coefficient (Wildman–Crippen LogP) is 2.70. The Morgan fingerprint density at radius 2 is 1.69 bits per heavy atom. The second-order valence-corrected chi connectivity index (χ2v) is 7.31. The van der Waals surface area contributed by atoms with Crippen molar-refractivity contribution in [1.82, 2.24) is 4.90 Å². The summed E-state index contributed by atoms with van der Waals surface area (Å²) in [7, 11) is 0. The van der Waals surface area contributed by atoms with Crippen molar-refractivity contribution in [2.24, 2.45) is 4.99 Å². The average molecular weight is 408 g/mol. The quantitative estimate of drug-likeness (QED) is 0.409. The Hall–Kier alpha value is -3.57. The summed E-state index contributed by atoms with van der Waals surface area (Å²) in [5.41, 5.74) is -2.22. The maximum atomic E-state index is 12.2. The van der Waals surface area contributed by atoms with Crippen LogP contribution in [-0.4, -0.2) is 57.4 Å². The van der Waals surface area contributed by atoms with Crippen molar-refractivity contribution in [3.63, 3.8) is 0 Å². The Balaban J connectivity index is 2.05. The Morgan fingerprint density at radius 1 is 1.14 bits per heavy atom. The normalized spacial score (nSPS) is 18.4. The predicted molar refractivity (Wildman–Crippen MR) is 99.8 cm³/mol. The van der Waals surface area contributed by atoms with E-state index in [2.05, 4.69) is 4.99 Å². The van der Waals surface area contributed by atoms with E-state index in [0.717, 1.165) is 18.2 Å². The highest BCUT2D eigenvalue weighted by atomic mass is 16.6. The topological polar surface area (TPSA) is 154 Å². The summed E-state index contributed by atoms with van der Waals surface area (Å²) in [4.78, 5) is 49.9. The molecule has 12 heteroatoms. The lowest BCUT2D eigenvalue weighted by Gasteiger charge is -2.26. The summed E-state index contributed by atoms with van der Waals surface area (Å²) in [6, 6.07) is 1.49. The zero-order chi connectivity index (χ0) is 21.9. The summed E-state index contributed by atoms with van der Waals surface area (Å²) in [6.45, 7) is 6.63. The first-order chi connectivity index (χ1) is 13.4. The molecule has 1 aliphatic heterocycles. The molecule has 1 aromatic carbocycles. The monoisotopic (exact) mass is 408 g/mol. The van der Waals surface area contributed by atoms with Crippen LogP contribution < -0.4 is 0 Å². The number of rotatable bonds is 5. The van der Waals surface area contributed by atoms with Gasteiger partial charge in [0.25, 0.3) is 11.4 Å². The molecule has 0 bridgehead atoms. The Bertz CT molecular complexity index is 844. The highest BCUT2D eigenvalue weighted by Gasteiger charge is 2.34. The van der Waals surface area contributed by atoms with Crippen LogP contribution in [0.3, 0.4) is 0 Å². The molecule has 0 saturated carbocycles. The Kier molecular flexibility index (Phi) is 6.15. The molecule has 156 valence electrons. The van der Waals surface area contributed by atoms with Crippen LogP contribution in [0.5, 0.6) is 0 Å². The van der Waals surface area contributed by atoms with Crippen LogP contribution in [-0.2, 0) is 9.47 Å². The minimum absolute atomic E-state index is 0.230. The van der Waals surface area contributed by atoms with Gasteiger partial charge in [0.1, 0.15) is 18.2 Å². The lowest BCUT2D eigenvalue weighted by Crippen LogP contribution is -2.42. The van der Waals surface area contributed by atoms with Crippen LogP contribution >= 0.6 is 0 Å². The van der Waals surface area contributed by atoms with Gasteiger partial charge < -0.3 is 9.47 Å². The number of carbonyl (C=O) groups is 2. The highest BCUT2D eigenvalue weighted by molar-refractivity contribution is 5.91. The summed E-state index contributed by atoms with van der Waals surface area (Å²) < 4.78 is 10.4. The fraction of sp³-hybridized carbons (Fsp3) is 0.471. The lowest BCUT2D eigenvalue weighted by molar-refractivity contribution is -0.394. The number of carbonyl (C=O) groups excluding carboxylic acids is 2. The lowest BCUT2D eigenvalue weighted by atomic mass is 10.1. The van der Waals surface area contributed by atoms with Gasteiger partial charge in [0.15, 0.2) is 0 Å². The summed E-state index contributed by atoms with van der Waals surface area (Å²) in [5, 5.41) is 21.8. The fourth-order valence-corrected chi connectivity index (χ4v) is 2.45. The highest BCUT2D eigenvalue weighted by Crippen LogP contribution is 2.24. The van der Waals surface area contributed by atoms with Gasteiger partial charge in [-0.1, -0.05) is 0 Å². The zero-order valence-corrected chi connectivity index (χ0v) is 16.2. The van der Waals surface area contributed by atoms with E-state index in [1.54, 1.807) is 27.7 Å². The van der Waals surface area contributed by atoms with Gasteiger partial charge in [0.2, 0.25) is 0 Å². The van der Waals surface area contributed by atoms with Crippen molar-refractivity contribution in [3.8, 4) is 0 Å². The number of non-ortho nitro benzene ring substituents is 2. The van der Waals surface area contributed by atoms with Gasteiger partial charge in [0.05, 0.1) is 33.9 Å². The molecule has 29 heavy (non-hydrogen) atoms. The molecular weight excluding hydrogens is 388 g/mol. The Labute approximate surface area is 165 Å². The van der Waals surface area contributed by atoms with Crippen LogP contribution in [0.25, 0.3) is 0 Å². The number of aliphatic imine (C=N–C) groups is 1. The van der Waals surface area contributed by atoms with Gasteiger partial charge >= 0.3 is 12.1 Å². The maximum absolute atomic E-state index is 12.2.